The Bertz CT molecular complexity index is 1340. The Morgan fingerprint density at radius 3 is 2.71 bits per heavy atom. The molecule has 0 spiro atoms. The van der Waals surface area contributed by atoms with Crippen molar-refractivity contribution in [3.63, 3.8) is 0 Å². The van der Waals surface area contributed by atoms with E-state index < -0.39 is 0 Å². The lowest BCUT2D eigenvalue weighted by atomic mass is 10.2. The Balaban J connectivity index is 1.31. The van der Waals surface area contributed by atoms with Gasteiger partial charge in [-0.1, -0.05) is 30.3 Å². The van der Waals surface area contributed by atoms with Crippen molar-refractivity contribution >= 4 is 34.6 Å². The highest BCUT2D eigenvalue weighted by Crippen LogP contribution is 2.33. The third-order valence-electron chi connectivity index (χ3n) is 6.48. The fraction of sp³-hybridized carbons (Fsp3) is 0.360. The van der Waals surface area contributed by atoms with Crippen molar-refractivity contribution in [3.8, 4) is 11.3 Å². The summed E-state index contributed by atoms with van der Waals surface area (Å²) in [5, 5.41) is 13.6. The predicted octanol–water partition coefficient (Wildman–Crippen LogP) is 3.72. The van der Waals surface area contributed by atoms with Gasteiger partial charge in [0.1, 0.15) is 5.52 Å². The molecule has 1 saturated carbocycles. The van der Waals surface area contributed by atoms with Crippen LogP contribution in [0.2, 0.25) is 0 Å². The maximum Gasteiger partial charge on any atom is 0.287 e. The van der Waals surface area contributed by atoms with Crippen molar-refractivity contribution in [1.29, 1.82) is 0 Å². The van der Waals surface area contributed by atoms with Crippen molar-refractivity contribution in [2.24, 2.45) is 5.92 Å². The second-order valence-electron chi connectivity index (χ2n) is 9.05. The van der Waals surface area contributed by atoms with Gasteiger partial charge in [-0.25, -0.2) is 4.98 Å². The quantitative estimate of drug-likeness (QED) is 0.371. The van der Waals surface area contributed by atoms with Gasteiger partial charge in [0.2, 0.25) is 5.95 Å². The topological polar surface area (TPSA) is 121 Å². The average Bonchev–Trinajstić information content (AvgIpc) is 3.49. The monoisotopic (exact) mass is 473 g/mol. The van der Waals surface area contributed by atoms with E-state index >= 15 is 0 Å². The molecule has 1 aliphatic carbocycles. The maximum absolute atomic E-state index is 12.8. The number of amides is 1. The normalized spacial score (nSPS) is 16.9. The zero-order chi connectivity index (χ0) is 23.8. The molecule has 3 aromatic heterocycles. The van der Waals surface area contributed by atoms with Gasteiger partial charge < -0.3 is 24.7 Å². The first-order chi connectivity index (χ1) is 17.1. The van der Waals surface area contributed by atoms with Gasteiger partial charge in [0.05, 0.1) is 18.9 Å². The van der Waals surface area contributed by atoms with Crippen molar-refractivity contribution in [3.05, 3.63) is 48.2 Å². The number of ether oxygens (including phenoxy) is 1. The van der Waals surface area contributed by atoms with E-state index in [0.29, 0.717) is 60.9 Å². The number of carbonyl (C=O) groups excluding carboxylic acids is 1. The molecule has 2 aliphatic rings. The number of carbonyl (C=O) groups is 1. The Morgan fingerprint density at radius 2 is 1.94 bits per heavy atom. The van der Waals surface area contributed by atoms with Gasteiger partial charge in [0.25, 0.3) is 5.91 Å². The number of fused-ring (bicyclic) bond motifs is 1. The molecule has 3 N–H and O–H groups in total. The summed E-state index contributed by atoms with van der Waals surface area (Å²) >= 11 is 0. The minimum atomic E-state index is -0.232. The standard InChI is InChI=1S/C25H27N7O3/c1-15(16-7-8-16)26-24(33)20-13-19-22(35-20)23(32-9-11-34-12-10-32)29-25(27-19)28-21-14-18(30-31-21)17-5-3-2-4-6-17/h2-6,13-16H,7-12H2,1H3,(H,26,33)(H2,27,28,29,30,31)/t15-/m1/s1. The van der Waals surface area contributed by atoms with Gasteiger partial charge in [-0.3, -0.25) is 9.89 Å². The first-order valence-corrected chi connectivity index (χ1v) is 12.0. The molecular weight excluding hydrogens is 446 g/mol. The van der Waals surface area contributed by atoms with Crippen LogP contribution in [0, 0.1) is 5.92 Å². The van der Waals surface area contributed by atoms with Crippen LogP contribution in [0.15, 0.2) is 46.9 Å². The number of nitrogens with zero attached hydrogens (tertiary/aromatic N) is 4. The fourth-order valence-corrected chi connectivity index (χ4v) is 4.33. The number of H-pyrrole nitrogens is 1. The highest BCUT2D eigenvalue weighted by Gasteiger charge is 2.30. The number of aromatic amines is 1. The van der Waals surface area contributed by atoms with Gasteiger partial charge in [-0.05, 0) is 31.2 Å². The maximum atomic E-state index is 12.8. The van der Waals surface area contributed by atoms with Crippen LogP contribution >= 0.6 is 0 Å². The molecule has 1 saturated heterocycles. The number of hydrogen-bond acceptors (Lipinski definition) is 8. The Hall–Kier alpha value is -3.92. The van der Waals surface area contributed by atoms with Gasteiger partial charge in [0.15, 0.2) is 23.0 Å². The Labute approximate surface area is 202 Å². The van der Waals surface area contributed by atoms with E-state index in [1.54, 1.807) is 6.07 Å². The van der Waals surface area contributed by atoms with Gasteiger partial charge in [-0.15, -0.1) is 0 Å². The number of nitrogens with one attached hydrogen (secondary N) is 3. The molecule has 1 amide bonds. The van der Waals surface area contributed by atoms with E-state index in [4.69, 9.17) is 14.1 Å². The summed E-state index contributed by atoms with van der Waals surface area (Å²) in [5.74, 6) is 2.16. The van der Waals surface area contributed by atoms with Crippen LogP contribution in [-0.4, -0.2) is 58.4 Å². The largest absolute Gasteiger partial charge is 0.445 e. The zero-order valence-corrected chi connectivity index (χ0v) is 19.5. The summed E-state index contributed by atoms with van der Waals surface area (Å²) in [5.41, 5.74) is 2.97. The van der Waals surface area contributed by atoms with Gasteiger partial charge in [-0.2, -0.15) is 10.1 Å². The molecule has 4 heterocycles. The van der Waals surface area contributed by atoms with E-state index in [0.717, 1.165) is 24.1 Å². The number of furan rings is 1. The summed E-state index contributed by atoms with van der Waals surface area (Å²) in [6.45, 7) is 4.58. The summed E-state index contributed by atoms with van der Waals surface area (Å²) in [6.07, 6.45) is 2.31. The second-order valence-corrected chi connectivity index (χ2v) is 9.05. The number of benzene rings is 1. The zero-order valence-electron chi connectivity index (χ0n) is 19.5. The second kappa shape index (κ2) is 9.03. The molecule has 0 unspecified atom stereocenters. The molecule has 180 valence electrons. The lowest BCUT2D eigenvalue weighted by Crippen LogP contribution is -2.37. The number of aromatic nitrogens is 4. The van der Waals surface area contributed by atoms with Crippen molar-refractivity contribution < 1.29 is 13.9 Å². The average molecular weight is 474 g/mol. The summed E-state index contributed by atoms with van der Waals surface area (Å²) in [4.78, 5) is 24.3. The van der Waals surface area contributed by atoms with Crippen molar-refractivity contribution in [2.45, 2.75) is 25.8 Å². The lowest BCUT2D eigenvalue weighted by Gasteiger charge is -2.27. The minimum Gasteiger partial charge on any atom is -0.445 e. The van der Waals surface area contributed by atoms with E-state index in [-0.39, 0.29) is 17.7 Å². The molecule has 10 heteroatoms. The number of hydrogen-bond donors (Lipinski definition) is 3. The lowest BCUT2D eigenvalue weighted by molar-refractivity contribution is 0.0910. The molecule has 6 rings (SSSR count). The summed E-state index contributed by atoms with van der Waals surface area (Å²) < 4.78 is 11.5. The van der Waals surface area contributed by atoms with E-state index in [1.165, 1.54) is 0 Å². The van der Waals surface area contributed by atoms with Crippen LogP contribution in [0.5, 0.6) is 0 Å². The molecule has 10 nitrogen and oxygen atoms in total. The van der Waals surface area contributed by atoms with E-state index in [2.05, 4.69) is 30.7 Å². The van der Waals surface area contributed by atoms with Crippen molar-refractivity contribution in [2.75, 3.05) is 36.5 Å². The molecule has 1 aliphatic heterocycles. The number of morpholine rings is 1. The van der Waals surface area contributed by atoms with Crippen LogP contribution < -0.4 is 15.5 Å². The molecule has 1 atom stereocenters. The molecule has 0 bridgehead atoms. The number of anilines is 3. The van der Waals surface area contributed by atoms with E-state index in [1.807, 2.05) is 43.3 Å². The molecule has 35 heavy (non-hydrogen) atoms. The Kier molecular flexibility index (Phi) is 5.57. The summed E-state index contributed by atoms with van der Waals surface area (Å²) in [6, 6.07) is 13.7. The first-order valence-electron chi connectivity index (χ1n) is 12.0. The fourth-order valence-electron chi connectivity index (χ4n) is 4.33. The van der Waals surface area contributed by atoms with Crippen LogP contribution in [0.4, 0.5) is 17.6 Å². The SMILES string of the molecule is C[C@@H](NC(=O)c1cc2nc(Nc3cc(-c4ccccc4)[nH]n3)nc(N3CCOCC3)c2o1)C1CC1. The highest BCUT2D eigenvalue weighted by molar-refractivity contribution is 5.97. The predicted molar refractivity (Wildman–Crippen MR) is 132 cm³/mol. The number of rotatable bonds is 7. The molecule has 1 aromatic carbocycles. The summed E-state index contributed by atoms with van der Waals surface area (Å²) in [7, 11) is 0. The third kappa shape index (κ3) is 4.57. The van der Waals surface area contributed by atoms with Crippen LogP contribution in [0.1, 0.15) is 30.3 Å². The molecule has 0 radical (unpaired) electrons. The smallest absolute Gasteiger partial charge is 0.287 e. The van der Waals surface area contributed by atoms with Gasteiger partial charge in [0, 0.05) is 31.3 Å². The van der Waals surface area contributed by atoms with E-state index in [9.17, 15) is 4.79 Å². The minimum absolute atomic E-state index is 0.121. The highest BCUT2D eigenvalue weighted by atomic mass is 16.5. The van der Waals surface area contributed by atoms with Crippen LogP contribution in [-0.2, 0) is 4.74 Å². The third-order valence-corrected chi connectivity index (χ3v) is 6.48. The first kappa shape index (κ1) is 21.6. The van der Waals surface area contributed by atoms with Crippen LogP contribution in [0.25, 0.3) is 22.4 Å². The Morgan fingerprint density at radius 1 is 1.14 bits per heavy atom. The molecule has 4 aromatic rings. The molecule has 2 fully saturated rings. The van der Waals surface area contributed by atoms with Gasteiger partial charge >= 0.3 is 0 Å². The molecular formula is C25H27N7O3. The van der Waals surface area contributed by atoms with Crippen molar-refractivity contribution in [1.82, 2.24) is 25.5 Å². The van der Waals surface area contributed by atoms with Crippen LogP contribution in [0.3, 0.4) is 0 Å².